The van der Waals surface area contributed by atoms with E-state index in [1.165, 1.54) is 0 Å². The smallest absolute Gasteiger partial charge is 0.311 e. The number of nitrogens with zero attached hydrogens (tertiary/aromatic N) is 2. The minimum atomic E-state index is -2.85. The van der Waals surface area contributed by atoms with Crippen molar-refractivity contribution in [1.82, 2.24) is 4.98 Å². The number of ether oxygens (including phenoxy) is 1. The van der Waals surface area contributed by atoms with E-state index in [4.69, 9.17) is 21.6 Å². The molecule has 0 aromatic carbocycles. The van der Waals surface area contributed by atoms with E-state index in [1.807, 2.05) is 0 Å². The number of pyridine rings is 1. The summed E-state index contributed by atoms with van der Waals surface area (Å²) < 4.78 is 30.6. The van der Waals surface area contributed by atoms with Gasteiger partial charge in [-0.3, -0.25) is 9.78 Å². The fourth-order valence-electron chi connectivity index (χ4n) is 1.57. The Morgan fingerprint density at radius 1 is 1.63 bits per heavy atom. The Kier molecular flexibility index (Phi) is 5.64. The molecule has 0 aliphatic heterocycles. The normalized spacial score (nSPS) is 10.3. The minimum absolute atomic E-state index is 0.0230. The summed E-state index contributed by atoms with van der Waals surface area (Å²) in [6, 6.07) is 1.66. The van der Waals surface area contributed by atoms with Gasteiger partial charge in [0, 0.05) is 17.6 Å². The molecular formula is C12H11ClF2N2O2. The van der Waals surface area contributed by atoms with Crippen LogP contribution in [0.15, 0.2) is 6.20 Å². The Hall–Kier alpha value is -1.74. The third-order valence-corrected chi connectivity index (χ3v) is 2.66. The number of hydrogen-bond acceptors (Lipinski definition) is 4. The Morgan fingerprint density at radius 2 is 2.32 bits per heavy atom. The van der Waals surface area contributed by atoms with E-state index in [2.05, 4.69) is 4.98 Å². The van der Waals surface area contributed by atoms with Crippen LogP contribution in [-0.4, -0.2) is 17.6 Å². The monoisotopic (exact) mass is 288 g/mol. The Labute approximate surface area is 114 Å². The van der Waals surface area contributed by atoms with Gasteiger partial charge < -0.3 is 4.74 Å². The van der Waals surface area contributed by atoms with Gasteiger partial charge in [-0.2, -0.15) is 5.26 Å². The summed E-state index contributed by atoms with van der Waals surface area (Å²) in [6.45, 7) is 1.79. The topological polar surface area (TPSA) is 63.0 Å². The lowest BCUT2D eigenvalue weighted by atomic mass is 10.0. The van der Waals surface area contributed by atoms with Crippen molar-refractivity contribution in [2.24, 2.45) is 0 Å². The van der Waals surface area contributed by atoms with Gasteiger partial charge in [-0.25, -0.2) is 8.78 Å². The molecule has 0 fully saturated rings. The average molecular weight is 289 g/mol. The van der Waals surface area contributed by atoms with Crippen LogP contribution in [0.3, 0.4) is 0 Å². The van der Waals surface area contributed by atoms with Crippen LogP contribution in [0.4, 0.5) is 8.78 Å². The largest absolute Gasteiger partial charge is 0.466 e. The molecule has 1 aromatic rings. The second-order valence-electron chi connectivity index (χ2n) is 3.55. The molecule has 0 amide bonds. The molecule has 1 aromatic heterocycles. The summed E-state index contributed by atoms with van der Waals surface area (Å²) in [6.07, 6.45) is -2.02. The predicted octanol–water partition coefficient (Wildman–Crippen LogP) is 2.74. The number of alkyl halides is 3. The molecule has 4 nitrogen and oxygen atoms in total. The summed E-state index contributed by atoms with van der Waals surface area (Å²) in [5.74, 6) is -0.800. The zero-order chi connectivity index (χ0) is 14.4. The highest BCUT2D eigenvalue weighted by atomic mass is 35.5. The van der Waals surface area contributed by atoms with Gasteiger partial charge in [0.15, 0.2) is 0 Å². The highest BCUT2D eigenvalue weighted by molar-refractivity contribution is 6.17. The number of carbonyl (C=O) groups is 1. The van der Waals surface area contributed by atoms with Crippen LogP contribution >= 0.6 is 11.6 Å². The first-order chi connectivity index (χ1) is 9.04. The first-order valence-corrected chi connectivity index (χ1v) is 5.99. The quantitative estimate of drug-likeness (QED) is 0.617. The van der Waals surface area contributed by atoms with Crippen LogP contribution in [0, 0.1) is 11.3 Å². The summed E-state index contributed by atoms with van der Waals surface area (Å²) in [5, 5.41) is 8.99. The fraction of sp³-hybridized carbons (Fsp3) is 0.417. The maximum absolute atomic E-state index is 13.0. The van der Waals surface area contributed by atoms with Gasteiger partial charge in [0.25, 0.3) is 6.43 Å². The lowest BCUT2D eigenvalue weighted by Gasteiger charge is -2.11. The molecular weight excluding hydrogens is 278 g/mol. The van der Waals surface area contributed by atoms with Gasteiger partial charge >= 0.3 is 5.97 Å². The van der Waals surface area contributed by atoms with E-state index < -0.39 is 18.0 Å². The Bertz CT molecular complexity index is 515. The number of esters is 1. The molecule has 19 heavy (non-hydrogen) atoms. The first kappa shape index (κ1) is 15.3. The van der Waals surface area contributed by atoms with E-state index in [0.717, 1.165) is 6.20 Å². The van der Waals surface area contributed by atoms with Crippen LogP contribution in [0.25, 0.3) is 0 Å². The molecule has 0 aliphatic carbocycles. The molecule has 0 aliphatic rings. The van der Waals surface area contributed by atoms with E-state index >= 15 is 0 Å². The molecule has 1 rings (SSSR count). The number of hydrogen-bond donors (Lipinski definition) is 0. The molecule has 7 heteroatoms. The molecule has 0 N–H and O–H groups in total. The van der Waals surface area contributed by atoms with E-state index in [-0.39, 0.29) is 35.7 Å². The van der Waals surface area contributed by atoms with Crippen LogP contribution in [0.2, 0.25) is 0 Å². The molecule has 0 bridgehead atoms. The van der Waals surface area contributed by atoms with Crippen molar-refractivity contribution in [2.75, 3.05) is 6.61 Å². The van der Waals surface area contributed by atoms with Crippen LogP contribution in [0.1, 0.15) is 35.7 Å². The second-order valence-corrected chi connectivity index (χ2v) is 3.81. The summed E-state index contributed by atoms with van der Waals surface area (Å²) in [4.78, 5) is 15.2. The maximum atomic E-state index is 13.0. The highest BCUT2D eigenvalue weighted by Crippen LogP contribution is 2.29. The van der Waals surface area contributed by atoms with Crippen molar-refractivity contribution in [2.45, 2.75) is 25.7 Å². The van der Waals surface area contributed by atoms with E-state index in [9.17, 15) is 13.6 Å². The third kappa shape index (κ3) is 3.61. The molecule has 0 saturated heterocycles. The van der Waals surface area contributed by atoms with Crippen LogP contribution < -0.4 is 0 Å². The van der Waals surface area contributed by atoms with Crippen molar-refractivity contribution >= 4 is 17.6 Å². The van der Waals surface area contributed by atoms with Gasteiger partial charge in [-0.1, -0.05) is 0 Å². The van der Waals surface area contributed by atoms with Crippen molar-refractivity contribution < 1.29 is 18.3 Å². The number of rotatable bonds is 5. The zero-order valence-electron chi connectivity index (χ0n) is 10.1. The summed E-state index contributed by atoms with van der Waals surface area (Å²) in [5.41, 5.74) is -0.709. The van der Waals surface area contributed by atoms with E-state index in [1.54, 1.807) is 13.0 Å². The lowest BCUT2D eigenvalue weighted by molar-refractivity contribution is -0.142. The average Bonchev–Trinajstić information content (AvgIpc) is 2.38. The molecule has 0 saturated carbocycles. The molecule has 102 valence electrons. The molecule has 0 unspecified atom stereocenters. The van der Waals surface area contributed by atoms with Crippen molar-refractivity contribution in [3.63, 3.8) is 0 Å². The highest BCUT2D eigenvalue weighted by Gasteiger charge is 2.23. The van der Waals surface area contributed by atoms with Crippen LogP contribution in [-0.2, 0) is 21.8 Å². The Morgan fingerprint density at radius 3 is 2.79 bits per heavy atom. The maximum Gasteiger partial charge on any atom is 0.311 e. The van der Waals surface area contributed by atoms with Crippen molar-refractivity contribution in [3.8, 4) is 6.07 Å². The number of aromatic nitrogens is 1. The molecule has 0 atom stereocenters. The van der Waals surface area contributed by atoms with Gasteiger partial charge in [-0.05, 0) is 12.5 Å². The molecule has 0 spiro atoms. The van der Waals surface area contributed by atoms with Gasteiger partial charge in [0.05, 0.1) is 24.3 Å². The predicted molar refractivity (Wildman–Crippen MR) is 63.8 cm³/mol. The molecule has 0 radical (unpaired) electrons. The second kappa shape index (κ2) is 7.00. The van der Waals surface area contributed by atoms with Crippen molar-refractivity contribution in [1.29, 1.82) is 5.26 Å². The SMILES string of the molecule is CCOC(=O)Cc1ncc(CCl)c(C(F)F)c1C#N. The van der Waals surface area contributed by atoms with Gasteiger partial charge in [0.1, 0.15) is 6.07 Å². The number of halogens is 3. The number of carbonyl (C=O) groups excluding carboxylic acids is 1. The number of nitriles is 1. The van der Waals surface area contributed by atoms with Gasteiger partial charge in [-0.15, -0.1) is 11.6 Å². The fourth-order valence-corrected chi connectivity index (χ4v) is 1.78. The summed E-state index contributed by atoms with van der Waals surface area (Å²) >= 11 is 5.54. The lowest BCUT2D eigenvalue weighted by Crippen LogP contribution is -2.12. The zero-order valence-corrected chi connectivity index (χ0v) is 10.9. The van der Waals surface area contributed by atoms with Crippen molar-refractivity contribution in [3.05, 3.63) is 28.6 Å². The summed E-state index contributed by atoms with van der Waals surface area (Å²) in [7, 11) is 0. The minimum Gasteiger partial charge on any atom is -0.466 e. The Balaban J connectivity index is 3.24. The third-order valence-electron chi connectivity index (χ3n) is 2.37. The van der Waals surface area contributed by atoms with E-state index in [0.29, 0.717) is 0 Å². The molecule has 1 heterocycles. The van der Waals surface area contributed by atoms with Gasteiger partial charge in [0.2, 0.25) is 0 Å². The van der Waals surface area contributed by atoms with Crippen LogP contribution in [0.5, 0.6) is 0 Å². The standard InChI is InChI=1S/C12H11ClF2N2O2/c1-2-19-10(18)3-9-8(5-16)11(12(14)15)7(4-13)6-17-9/h6,12H,2-4H2,1H3. The first-order valence-electron chi connectivity index (χ1n) is 5.45.